The van der Waals surface area contributed by atoms with Crippen LogP contribution in [-0.2, 0) is 41.3 Å². The zero-order chi connectivity index (χ0) is 31.8. The summed E-state index contributed by atoms with van der Waals surface area (Å²) in [5.41, 5.74) is -7.85. The first-order chi connectivity index (χ1) is 19.7. The van der Waals surface area contributed by atoms with E-state index < -0.39 is 82.2 Å². The molecule has 3 atom stereocenters. The van der Waals surface area contributed by atoms with Gasteiger partial charge in [0.05, 0.1) is 16.4 Å². The van der Waals surface area contributed by atoms with Gasteiger partial charge in [-0.3, -0.25) is 4.79 Å². The van der Waals surface area contributed by atoms with Crippen molar-refractivity contribution in [1.82, 2.24) is 0 Å². The van der Waals surface area contributed by atoms with Crippen molar-refractivity contribution in [1.29, 1.82) is 0 Å². The Morgan fingerprint density at radius 2 is 1.53 bits per heavy atom. The number of sulfone groups is 2. The van der Waals surface area contributed by atoms with Gasteiger partial charge in [0.15, 0.2) is 19.7 Å². The predicted molar refractivity (Wildman–Crippen MR) is 137 cm³/mol. The lowest BCUT2D eigenvalue weighted by molar-refractivity contribution is -0.348. The van der Waals surface area contributed by atoms with Gasteiger partial charge in [-0.05, 0) is 67.0 Å². The smallest absolute Gasteiger partial charge is 0.272 e. The molecular weight excluding hydrogens is 634 g/mol. The van der Waals surface area contributed by atoms with E-state index in [4.69, 9.17) is 0 Å². The van der Waals surface area contributed by atoms with Crippen LogP contribution in [0.15, 0.2) is 52.4 Å². The molecule has 2 aromatic rings. The van der Waals surface area contributed by atoms with Crippen LogP contribution in [0, 0.1) is 17.7 Å². The monoisotopic (exact) mass is 657 g/mol. The van der Waals surface area contributed by atoms with Crippen LogP contribution in [0.1, 0.15) is 42.4 Å². The number of amides is 1. The van der Waals surface area contributed by atoms with E-state index >= 15 is 0 Å². The van der Waals surface area contributed by atoms with Crippen LogP contribution >= 0.6 is 0 Å². The highest BCUT2D eigenvalue weighted by molar-refractivity contribution is 7.92. The van der Waals surface area contributed by atoms with Crippen molar-refractivity contribution in [3.05, 3.63) is 65.0 Å². The third-order valence-corrected chi connectivity index (χ3v) is 12.8. The van der Waals surface area contributed by atoms with Gasteiger partial charge in [0.25, 0.3) is 0 Å². The molecule has 16 heteroatoms. The van der Waals surface area contributed by atoms with Gasteiger partial charge in [-0.25, -0.2) is 30.6 Å². The summed E-state index contributed by atoms with van der Waals surface area (Å²) in [5.74, 6) is -4.37. The van der Waals surface area contributed by atoms with Gasteiger partial charge < -0.3 is 0 Å². The van der Waals surface area contributed by atoms with Crippen LogP contribution < -0.4 is 0 Å². The molecular formula is C27H23F8NO5S2. The van der Waals surface area contributed by atoms with Crippen LogP contribution in [0.4, 0.5) is 35.1 Å². The van der Waals surface area contributed by atoms with E-state index in [1.165, 1.54) is 0 Å². The van der Waals surface area contributed by atoms with E-state index in [1.807, 2.05) is 0 Å². The van der Waals surface area contributed by atoms with E-state index in [-0.39, 0.29) is 60.8 Å². The first-order valence-corrected chi connectivity index (χ1v) is 16.3. The second-order valence-electron chi connectivity index (χ2n) is 11.0. The Morgan fingerprint density at radius 1 is 0.907 bits per heavy atom. The third-order valence-electron chi connectivity index (χ3n) is 8.65. The maximum Gasteiger partial charge on any atom is 0.435 e. The Morgan fingerprint density at radius 3 is 2.09 bits per heavy atom. The van der Waals surface area contributed by atoms with Gasteiger partial charge in [0.1, 0.15) is 10.6 Å². The Labute approximate surface area is 241 Å². The number of aliphatic imine (C=N–C) groups is 1. The maximum atomic E-state index is 14.9. The number of alkyl halides is 7. The van der Waals surface area contributed by atoms with Crippen molar-refractivity contribution in [3.8, 4) is 0 Å². The number of aryl methyl sites for hydroxylation is 1. The van der Waals surface area contributed by atoms with Crippen LogP contribution in [0.25, 0.3) is 0 Å². The molecule has 2 fully saturated rings. The second kappa shape index (κ2) is 10.1. The van der Waals surface area contributed by atoms with E-state index in [0.29, 0.717) is 6.07 Å². The molecule has 2 aliphatic carbocycles. The number of hydrogen-bond donors (Lipinski definition) is 0. The summed E-state index contributed by atoms with van der Waals surface area (Å²) in [6.45, 7) is 0. The topological polar surface area (TPSA) is 97.7 Å². The Bertz CT molecular complexity index is 1700. The molecule has 1 heterocycles. The lowest BCUT2D eigenvalue weighted by Crippen LogP contribution is -2.51. The zero-order valence-electron chi connectivity index (χ0n) is 22.0. The first kappa shape index (κ1) is 31.5. The number of fused-ring (bicyclic) bond motifs is 3. The number of nitrogens with zero attached hydrogens (tertiary/aromatic N) is 1. The average Bonchev–Trinajstić information content (AvgIpc) is 3.47. The molecule has 2 aromatic carbocycles. The van der Waals surface area contributed by atoms with Gasteiger partial charge >= 0.3 is 18.0 Å². The molecule has 234 valence electrons. The summed E-state index contributed by atoms with van der Waals surface area (Å²) in [6, 6.07) is 4.98. The number of benzene rings is 2. The number of carbonyl (C=O) groups is 1. The van der Waals surface area contributed by atoms with Gasteiger partial charge in [-0.2, -0.15) is 26.3 Å². The summed E-state index contributed by atoms with van der Waals surface area (Å²) in [7, 11) is -8.05. The molecule has 0 unspecified atom stereocenters. The SMILES string of the molecule is O=C(N=C1CCS(=O)(=O)C1)[C@@H]1CC[C@@]2(S(=O)(=O)c3ccc(F)cc3)c3ccc(C(F)(C(F)(F)F)C(F)(F)F)cc3CC[C@@H]12. The molecule has 0 N–H and O–H groups in total. The summed E-state index contributed by atoms with van der Waals surface area (Å²) in [5, 5.41) is 0. The maximum absolute atomic E-state index is 14.9. The largest absolute Gasteiger partial charge is 0.435 e. The van der Waals surface area contributed by atoms with E-state index in [0.717, 1.165) is 30.3 Å². The molecule has 0 spiro atoms. The van der Waals surface area contributed by atoms with Crippen molar-refractivity contribution in [2.75, 3.05) is 11.5 Å². The molecule has 1 amide bonds. The van der Waals surface area contributed by atoms with Gasteiger partial charge in [-0.1, -0.05) is 18.2 Å². The Balaban J connectivity index is 1.67. The Hall–Kier alpha value is -2.88. The van der Waals surface area contributed by atoms with Crippen molar-refractivity contribution in [2.45, 2.75) is 59.8 Å². The minimum absolute atomic E-state index is 0.0134. The Kier molecular flexibility index (Phi) is 7.39. The summed E-state index contributed by atoms with van der Waals surface area (Å²) in [6.07, 6.45) is -13.6. The molecule has 0 bridgehead atoms. The second-order valence-corrected chi connectivity index (χ2v) is 15.4. The minimum Gasteiger partial charge on any atom is -0.272 e. The third kappa shape index (κ3) is 4.88. The number of halogens is 8. The number of rotatable bonds is 4. The molecule has 43 heavy (non-hydrogen) atoms. The molecule has 1 aliphatic heterocycles. The van der Waals surface area contributed by atoms with E-state index in [2.05, 4.69) is 4.99 Å². The minimum atomic E-state index is -6.38. The summed E-state index contributed by atoms with van der Waals surface area (Å²) >= 11 is 0. The number of hydrogen-bond acceptors (Lipinski definition) is 5. The number of carbonyl (C=O) groups excluding carboxylic acids is 1. The molecule has 1 saturated carbocycles. The highest BCUT2D eigenvalue weighted by atomic mass is 32.2. The van der Waals surface area contributed by atoms with Crippen molar-refractivity contribution in [3.63, 3.8) is 0 Å². The lowest BCUT2D eigenvalue weighted by atomic mass is 9.72. The first-order valence-electron chi connectivity index (χ1n) is 13.0. The van der Waals surface area contributed by atoms with Crippen LogP contribution in [0.5, 0.6) is 0 Å². The predicted octanol–water partition coefficient (Wildman–Crippen LogP) is 5.54. The summed E-state index contributed by atoms with van der Waals surface area (Å²) < 4.78 is 160. The van der Waals surface area contributed by atoms with Crippen molar-refractivity contribution < 1.29 is 56.8 Å². The normalized spacial score (nSPS) is 26.7. The van der Waals surface area contributed by atoms with Gasteiger partial charge in [0, 0.05) is 23.6 Å². The molecule has 1 saturated heterocycles. The average molecular weight is 658 g/mol. The van der Waals surface area contributed by atoms with E-state index in [9.17, 15) is 56.8 Å². The standard InChI is InChI=1S/C27H23F8NO5S2/c28-17-3-5-19(6-4-17)43(40,41)24-11-9-20(23(37)36-18-10-12-42(38,39)14-18)22(24)7-1-15-13-16(2-8-21(15)24)25(29,26(30,31)32)27(33,34)35/h2-6,8,13,20,22H,1,7,9-12,14H2/t20-,22+,24-/m1/s1. The fourth-order valence-corrected chi connectivity index (χ4v) is 10.6. The molecule has 3 aliphatic rings. The fourth-order valence-electron chi connectivity index (χ4n) is 6.67. The van der Waals surface area contributed by atoms with Crippen molar-refractivity contribution >= 4 is 31.3 Å². The summed E-state index contributed by atoms with van der Waals surface area (Å²) in [4.78, 5) is 16.9. The quantitative estimate of drug-likeness (QED) is 0.318. The zero-order valence-corrected chi connectivity index (χ0v) is 23.6. The molecule has 6 nitrogen and oxygen atoms in total. The molecule has 5 rings (SSSR count). The van der Waals surface area contributed by atoms with Gasteiger partial charge in [-0.15, -0.1) is 0 Å². The highest BCUT2D eigenvalue weighted by Gasteiger charge is 2.74. The van der Waals surface area contributed by atoms with Crippen LogP contribution in [-0.4, -0.2) is 52.3 Å². The lowest BCUT2D eigenvalue weighted by Gasteiger charge is -2.42. The molecule has 0 aromatic heterocycles. The van der Waals surface area contributed by atoms with Crippen LogP contribution in [0.3, 0.4) is 0 Å². The molecule has 0 radical (unpaired) electrons. The highest BCUT2D eigenvalue weighted by Crippen LogP contribution is 2.60. The van der Waals surface area contributed by atoms with Gasteiger partial charge in [0.2, 0.25) is 5.91 Å². The van der Waals surface area contributed by atoms with E-state index in [1.54, 1.807) is 0 Å². The van der Waals surface area contributed by atoms with Crippen LogP contribution in [0.2, 0.25) is 0 Å². The van der Waals surface area contributed by atoms with Crippen molar-refractivity contribution in [2.24, 2.45) is 16.8 Å². The fraction of sp³-hybridized carbons (Fsp3) is 0.481.